The molecule has 0 aliphatic heterocycles. The lowest BCUT2D eigenvalue weighted by Crippen LogP contribution is -2.28. The number of ether oxygens (including phenoxy) is 2. The van der Waals surface area contributed by atoms with Gasteiger partial charge < -0.3 is 14.8 Å². The van der Waals surface area contributed by atoms with Crippen molar-refractivity contribution in [2.75, 3.05) is 13.2 Å². The Bertz CT molecular complexity index is 655. The summed E-state index contributed by atoms with van der Waals surface area (Å²) in [4.78, 5) is 22.3. The van der Waals surface area contributed by atoms with Gasteiger partial charge in [-0.15, -0.1) is 0 Å². The molecular weight excluding hydrogens is 294 g/mol. The van der Waals surface area contributed by atoms with Crippen LogP contribution in [0.4, 0.5) is 4.79 Å². The van der Waals surface area contributed by atoms with Gasteiger partial charge in [0.05, 0.1) is 6.54 Å². The third-order valence-electron chi connectivity index (χ3n) is 3.19. The molecule has 1 N–H and O–H groups in total. The van der Waals surface area contributed by atoms with Crippen molar-refractivity contribution in [2.45, 2.75) is 13.5 Å². The van der Waals surface area contributed by atoms with E-state index in [0.29, 0.717) is 24.5 Å². The van der Waals surface area contributed by atoms with Gasteiger partial charge in [-0.2, -0.15) is 0 Å². The van der Waals surface area contributed by atoms with Gasteiger partial charge in [-0.05, 0) is 24.1 Å². The highest BCUT2D eigenvalue weighted by Crippen LogP contribution is 2.18. The number of nitrogens with one attached hydrogen (secondary N) is 1. The average molecular weight is 313 g/mol. The maximum atomic E-state index is 11.6. The van der Waals surface area contributed by atoms with Crippen LogP contribution in [-0.4, -0.2) is 25.5 Å². The SMILES string of the molecule is Cc1ccc(C=O)cc1OCCNC(=O)OCc1ccccc1. The first-order chi connectivity index (χ1) is 11.2. The summed E-state index contributed by atoms with van der Waals surface area (Å²) in [5.74, 6) is 0.633. The lowest BCUT2D eigenvalue weighted by atomic mass is 10.1. The van der Waals surface area contributed by atoms with E-state index in [9.17, 15) is 9.59 Å². The minimum Gasteiger partial charge on any atom is -0.491 e. The van der Waals surface area contributed by atoms with Gasteiger partial charge in [0.1, 0.15) is 25.2 Å². The Labute approximate surface area is 135 Å². The topological polar surface area (TPSA) is 64.6 Å². The summed E-state index contributed by atoms with van der Waals surface area (Å²) >= 11 is 0. The molecule has 2 aromatic carbocycles. The van der Waals surface area contributed by atoms with E-state index in [1.165, 1.54) is 0 Å². The molecule has 0 saturated heterocycles. The molecule has 5 nitrogen and oxygen atoms in total. The van der Waals surface area contributed by atoms with E-state index >= 15 is 0 Å². The van der Waals surface area contributed by atoms with Gasteiger partial charge in [-0.3, -0.25) is 4.79 Å². The third-order valence-corrected chi connectivity index (χ3v) is 3.19. The van der Waals surface area contributed by atoms with Gasteiger partial charge in [0.2, 0.25) is 0 Å². The molecule has 0 bridgehead atoms. The van der Waals surface area contributed by atoms with Crippen molar-refractivity contribution in [3.05, 3.63) is 65.2 Å². The molecule has 0 fully saturated rings. The number of amides is 1. The van der Waals surface area contributed by atoms with Crippen molar-refractivity contribution in [2.24, 2.45) is 0 Å². The highest BCUT2D eigenvalue weighted by molar-refractivity contribution is 5.75. The summed E-state index contributed by atoms with van der Waals surface area (Å²) in [5, 5.41) is 2.62. The molecule has 23 heavy (non-hydrogen) atoms. The van der Waals surface area contributed by atoms with E-state index in [1.807, 2.05) is 43.3 Å². The first-order valence-electron chi connectivity index (χ1n) is 7.32. The van der Waals surface area contributed by atoms with Crippen molar-refractivity contribution >= 4 is 12.4 Å². The number of carbonyl (C=O) groups excluding carboxylic acids is 2. The van der Waals surface area contributed by atoms with Gasteiger partial charge in [0.25, 0.3) is 0 Å². The number of carbonyl (C=O) groups is 2. The molecule has 2 rings (SSSR count). The van der Waals surface area contributed by atoms with E-state index in [-0.39, 0.29) is 6.61 Å². The maximum absolute atomic E-state index is 11.6. The Morgan fingerprint density at radius 2 is 1.96 bits per heavy atom. The number of aldehydes is 1. The van der Waals surface area contributed by atoms with Gasteiger partial charge >= 0.3 is 6.09 Å². The highest BCUT2D eigenvalue weighted by atomic mass is 16.5. The van der Waals surface area contributed by atoms with Crippen LogP contribution in [0.3, 0.4) is 0 Å². The van der Waals surface area contributed by atoms with E-state index in [2.05, 4.69) is 5.32 Å². The Morgan fingerprint density at radius 3 is 2.70 bits per heavy atom. The van der Waals surface area contributed by atoms with E-state index in [0.717, 1.165) is 17.4 Å². The van der Waals surface area contributed by atoms with E-state index < -0.39 is 6.09 Å². The van der Waals surface area contributed by atoms with Crippen molar-refractivity contribution in [3.63, 3.8) is 0 Å². The smallest absolute Gasteiger partial charge is 0.407 e. The summed E-state index contributed by atoms with van der Waals surface area (Å²) in [6.07, 6.45) is 0.279. The molecular formula is C18H19NO4. The molecule has 0 unspecified atom stereocenters. The zero-order valence-corrected chi connectivity index (χ0v) is 13.0. The first kappa shape index (κ1) is 16.5. The summed E-state index contributed by atoms with van der Waals surface area (Å²) < 4.78 is 10.7. The molecule has 0 radical (unpaired) electrons. The lowest BCUT2D eigenvalue weighted by molar-refractivity contribution is 0.112. The van der Waals surface area contributed by atoms with Crippen LogP contribution in [0.15, 0.2) is 48.5 Å². The van der Waals surface area contributed by atoms with Crippen LogP contribution in [0.2, 0.25) is 0 Å². The molecule has 2 aromatic rings. The monoisotopic (exact) mass is 313 g/mol. The average Bonchev–Trinajstić information content (AvgIpc) is 2.59. The second kappa shape index (κ2) is 8.58. The molecule has 0 aliphatic rings. The molecule has 0 spiro atoms. The van der Waals surface area contributed by atoms with Crippen LogP contribution < -0.4 is 10.1 Å². The molecule has 0 aromatic heterocycles. The standard InChI is InChI=1S/C18H19NO4/c1-14-7-8-16(12-20)11-17(14)22-10-9-19-18(21)23-13-15-5-3-2-4-6-15/h2-8,11-12H,9-10,13H2,1H3,(H,19,21). The maximum Gasteiger partial charge on any atom is 0.407 e. The Kier molecular flexibility index (Phi) is 6.17. The van der Waals surface area contributed by atoms with Crippen molar-refractivity contribution in [1.82, 2.24) is 5.32 Å². The van der Waals surface area contributed by atoms with E-state index in [4.69, 9.17) is 9.47 Å². The van der Waals surface area contributed by atoms with Crippen molar-refractivity contribution in [1.29, 1.82) is 0 Å². The van der Waals surface area contributed by atoms with Gasteiger partial charge in [-0.25, -0.2) is 4.79 Å². The number of alkyl carbamates (subject to hydrolysis) is 1. The second-order valence-corrected chi connectivity index (χ2v) is 4.98. The fraction of sp³-hybridized carbons (Fsp3) is 0.222. The Hall–Kier alpha value is -2.82. The lowest BCUT2D eigenvalue weighted by Gasteiger charge is -2.10. The summed E-state index contributed by atoms with van der Waals surface area (Å²) in [6.45, 7) is 2.74. The third kappa shape index (κ3) is 5.47. The van der Waals surface area contributed by atoms with Crippen LogP contribution in [0.1, 0.15) is 21.5 Å². The van der Waals surface area contributed by atoms with Crippen molar-refractivity contribution in [3.8, 4) is 5.75 Å². The minimum atomic E-state index is -0.490. The summed E-state index contributed by atoms with van der Waals surface area (Å²) in [5.41, 5.74) is 2.42. The van der Waals surface area contributed by atoms with Crippen LogP contribution in [-0.2, 0) is 11.3 Å². The Morgan fingerprint density at radius 1 is 1.17 bits per heavy atom. The fourth-order valence-corrected chi connectivity index (χ4v) is 1.93. The zero-order chi connectivity index (χ0) is 16.5. The fourth-order valence-electron chi connectivity index (χ4n) is 1.93. The normalized spacial score (nSPS) is 9.96. The molecule has 0 aliphatic carbocycles. The minimum absolute atomic E-state index is 0.230. The van der Waals surface area contributed by atoms with Gasteiger partial charge in [0, 0.05) is 5.56 Å². The number of rotatable bonds is 7. The summed E-state index contributed by atoms with van der Waals surface area (Å²) in [7, 11) is 0. The van der Waals surface area contributed by atoms with Crippen LogP contribution in [0.5, 0.6) is 5.75 Å². The highest BCUT2D eigenvalue weighted by Gasteiger charge is 2.04. The number of hydrogen-bond donors (Lipinski definition) is 1. The zero-order valence-electron chi connectivity index (χ0n) is 13.0. The number of aryl methyl sites for hydroxylation is 1. The Balaban J connectivity index is 1.69. The molecule has 5 heteroatoms. The largest absolute Gasteiger partial charge is 0.491 e. The molecule has 0 heterocycles. The first-order valence-corrected chi connectivity index (χ1v) is 7.32. The molecule has 0 saturated carbocycles. The number of hydrogen-bond acceptors (Lipinski definition) is 4. The second-order valence-electron chi connectivity index (χ2n) is 4.98. The summed E-state index contributed by atoms with van der Waals surface area (Å²) in [6, 6.07) is 14.7. The van der Waals surface area contributed by atoms with Crippen LogP contribution >= 0.6 is 0 Å². The predicted molar refractivity (Wildman–Crippen MR) is 86.7 cm³/mol. The number of benzene rings is 2. The van der Waals surface area contributed by atoms with Crippen LogP contribution in [0, 0.1) is 6.92 Å². The van der Waals surface area contributed by atoms with E-state index in [1.54, 1.807) is 12.1 Å². The van der Waals surface area contributed by atoms with Gasteiger partial charge in [-0.1, -0.05) is 42.5 Å². The molecule has 1 amide bonds. The van der Waals surface area contributed by atoms with Gasteiger partial charge in [0.15, 0.2) is 0 Å². The van der Waals surface area contributed by atoms with Crippen molar-refractivity contribution < 1.29 is 19.1 Å². The quantitative estimate of drug-likeness (QED) is 0.630. The van der Waals surface area contributed by atoms with Crippen LogP contribution in [0.25, 0.3) is 0 Å². The predicted octanol–water partition coefficient (Wildman–Crippen LogP) is 3.11. The molecule has 120 valence electrons. The molecule has 0 atom stereocenters.